The van der Waals surface area contributed by atoms with Crippen LogP contribution in [0.4, 0.5) is 0 Å². The fourth-order valence-corrected chi connectivity index (χ4v) is 3.58. The summed E-state index contributed by atoms with van der Waals surface area (Å²) in [5.41, 5.74) is 1.70. The SMILES string of the molecule is Cc1cc(-c2nnc3n2N=C(c2cc4ccccc4oc2=O)CS3)no1. The van der Waals surface area contributed by atoms with Crippen LogP contribution in [0.15, 0.2) is 60.4 Å². The minimum absolute atomic E-state index is 0.418. The van der Waals surface area contributed by atoms with Gasteiger partial charge in [0.15, 0.2) is 5.69 Å². The largest absolute Gasteiger partial charge is 0.422 e. The first-order valence-electron chi connectivity index (χ1n) is 7.82. The molecule has 0 radical (unpaired) electrons. The van der Waals surface area contributed by atoms with E-state index in [1.165, 1.54) is 11.8 Å². The van der Waals surface area contributed by atoms with Gasteiger partial charge in [0.05, 0.1) is 11.3 Å². The first kappa shape index (κ1) is 15.1. The summed E-state index contributed by atoms with van der Waals surface area (Å²) < 4.78 is 12.1. The first-order chi connectivity index (χ1) is 12.7. The van der Waals surface area contributed by atoms with E-state index in [9.17, 15) is 4.79 Å². The van der Waals surface area contributed by atoms with Crippen LogP contribution in [0.25, 0.3) is 22.5 Å². The molecule has 0 saturated carbocycles. The van der Waals surface area contributed by atoms with Crippen molar-refractivity contribution in [3.05, 3.63) is 58.1 Å². The Morgan fingerprint density at radius 1 is 1.19 bits per heavy atom. The molecular formula is C17H11N5O3S. The Labute approximate surface area is 150 Å². The Bertz CT molecular complexity index is 1240. The van der Waals surface area contributed by atoms with Crippen LogP contribution >= 0.6 is 11.8 Å². The Balaban J connectivity index is 1.66. The van der Waals surface area contributed by atoms with Crippen molar-refractivity contribution in [2.45, 2.75) is 12.1 Å². The van der Waals surface area contributed by atoms with Crippen LogP contribution in [0.1, 0.15) is 11.3 Å². The molecule has 8 nitrogen and oxygen atoms in total. The summed E-state index contributed by atoms with van der Waals surface area (Å²) in [4.78, 5) is 12.4. The highest BCUT2D eigenvalue weighted by molar-refractivity contribution is 7.99. The summed E-state index contributed by atoms with van der Waals surface area (Å²) in [7, 11) is 0. The van der Waals surface area contributed by atoms with E-state index in [2.05, 4.69) is 20.5 Å². The lowest BCUT2D eigenvalue weighted by molar-refractivity contribution is 0.399. The van der Waals surface area contributed by atoms with Crippen molar-refractivity contribution in [1.29, 1.82) is 0 Å². The highest BCUT2D eigenvalue weighted by Crippen LogP contribution is 2.28. The van der Waals surface area contributed by atoms with Crippen molar-refractivity contribution >= 4 is 28.4 Å². The van der Waals surface area contributed by atoms with Gasteiger partial charge in [0.1, 0.15) is 11.3 Å². The van der Waals surface area contributed by atoms with Gasteiger partial charge >= 0.3 is 5.63 Å². The molecule has 9 heteroatoms. The molecule has 0 spiro atoms. The van der Waals surface area contributed by atoms with E-state index < -0.39 is 5.63 Å². The molecule has 128 valence electrons. The molecule has 1 aliphatic rings. The van der Waals surface area contributed by atoms with Gasteiger partial charge in [0.25, 0.3) is 0 Å². The maximum Gasteiger partial charge on any atom is 0.345 e. The van der Waals surface area contributed by atoms with Gasteiger partial charge in [-0.15, -0.1) is 10.2 Å². The van der Waals surface area contributed by atoms with E-state index in [0.717, 1.165) is 5.39 Å². The average molecular weight is 365 g/mol. The van der Waals surface area contributed by atoms with Crippen LogP contribution in [-0.4, -0.2) is 31.5 Å². The molecule has 0 atom stereocenters. The zero-order valence-electron chi connectivity index (χ0n) is 13.5. The van der Waals surface area contributed by atoms with Gasteiger partial charge in [0.2, 0.25) is 11.0 Å². The predicted octanol–water partition coefficient (Wildman–Crippen LogP) is 2.71. The molecule has 0 N–H and O–H groups in total. The Kier molecular flexibility index (Phi) is 3.29. The second-order valence-electron chi connectivity index (χ2n) is 5.76. The molecule has 0 amide bonds. The van der Waals surface area contributed by atoms with E-state index in [4.69, 9.17) is 8.94 Å². The molecule has 0 aliphatic carbocycles. The van der Waals surface area contributed by atoms with Crippen LogP contribution < -0.4 is 5.63 Å². The normalized spacial score (nSPS) is 13.7. The summed E-state index contributed by atoms with van der Waals surface area (Å²) in [6.45, 7) is 1.80. The van der Waals surface area contributed by atoms with Crippen molar-refractivity contribution in [2.75, 3.05) is 5.75 Å². The Morgan fingerprint density at radius 3 is 2.92 bits per heavy atom. The van der Waals surface area contributed by atoms with E-state index in [1.807, 2.05) is 18.2 Å². The number of para-hydroxylation sites is 1. The third-order valence-electron chi connectivity index (χ3n) is 3.98. The van der Waals surface area contributed by atoms with Crippen LogP contribution in [0, 0.1) is 6.92 Å². The summed E-state index contributed by atoms with van der Waals surface area (Å²) >= 11 is 1.45. The highest BCUT2D eigenvalue weighted by atomic mass is 32.2. The molecule has 1 aliphatic heterocycles. The van der Waals surface area contributed by atoms with Crippen LogP contribution in [0.2, 0.25) is 0 Å². The molecule has 0 saturated heterocycles. The lowest BCUT2D eigenvalue weighted by atomic mass is 10.1. The number of hydrogen-bond acceptors (Lipinski definition) is 8. The quantitative estimate of drug-likeness (QED) is 0.504. The van der Waals surface area contributed by atoms with Gasteiger partial charge in [-0.25, -0.2) is 4.79 Å². The minimum atomic E-state index is -0.418. The smallest absolute Gasteiger partial charge is 0.345 e. The van der Waals surface area contributed by atoms with E-state index >= 15 is 0 Å². The maximum absolute atomic E-state index is 12.4. The molecule has 0 fully saturated rings. The zero-order valence-corrected chi connectivity index (χ0v) is 14.4. The second-order valence-corrected chi connectivity index (χ2v) is 6.70. The summed E-state index contributed by atoms with van der Waals surface area (Å²) in [5.74, 6) is 1.63. The maximum atomic E-state index is 12.4. The first-order valence-corrected chi connectivity index (χ1v) is 8.80. The summed E-state index contributed by atoms with van der Waals surface area (Å²) in [5, 5.41) is 18.3. The number of aryl methyl sites for hydroxylation is 1. The molecular weight excluding hydrogens is 354 g/mol. The number of thioether (sulfide) groups is 1. The topological polar surface area (TPSA) is 99.3 Å². The van der Waals surface area contributed by atoms with Crippen molar-refractivity contribution in [2.24, 2.45) is 5.10 Å². The van der Waals surface area contributed by atoms with E-state index in [1.54, 1.807) is 29.8 Å². The standard InChI is InChI=1S/C17H11N5O3S/c1-9-6-12(21-25-9)15-18-19-17-22(15)20-13(8-26-17)11-7-10-4-2-3-5-14(10)24-16(11)23/h2-7H,8H2,1H3. The molecule has 26 heavy (non-hydrogen) atoms. The van der Waals surface area contributed by atoms with Crippen molar-refractivity contribution in [3.8, 4) is 11.5 Å². The number of rotatable bonds is 2. The van der Waals surface area contributed by atoms with Gasteiger partial charge in [-0.1, -0.05) is 35.1 Å². The van der Waals surface area contributed by atoms with E-state index in [-0.39, 0.29) is 0 Å². The fraction of sp³-hybridized carbons (Fsp3) is 0.118. The van der Waals surface area contributed by atoms with Crippen LogP contribution in [0.5, 0.6) is 0 Å². The fourth-order valence-electron chi connectivity index (χ4n) is 2.75. The number of fused-ring (bicyclic) bond motifs is 2. The summed E-state index contributed by atoms with van der Waals surface area (Å²) in [6, 6.07) is 10.9. The number of hydrogen-bond donors (Lipinski definition) is 0. The third-order valence-corrected chi connectivity index (χ3v) is 4.91. The number of nitrogens with zero attached hydrogens (tertiary/aromatic N) is 5. The van der Waals surface area contributed by atoms with Crippen LogP contribution in [-0.2, 0) is 0 Å². The molecule has 1 aromatic carbocycles. The van der Waals surface area contributed by atoms with Crippen molar-refractivity contribution < 1.29 is 8.94 Å². The van der Waals surface area contributed by atoms with Crippen LogP contribution in [0.3, 0.4) is 0 Å². The Hall–Kier alpha value is -3.20. The highest BCUT2D eigenvalue weighted by Gasteiger charge is 2.24. The van der Waals surface area contributed by atoms with Gasteiger partial charge in [-0.3, -0.25) is 0 Å². The summed E-state index contributed by atoms with van der Waals surface area (Å²) in [6.07, 6.45) is 0. The number of benzene rings is 1. The van der Waals surface area contributed by atoms with Crippen molar-refractivity contribution in [1.82, 2.24) is 20.0 Å². The molecule has 4 aromatic rings. The lowest BCUT2D eigenvalue weighted by Gasteiger charge is -2.12. The van der Waals surface area contributed by atoms with Gasteiger partial charge in [-0.05, 0) is 19.1 Å². The molecule has 0 bridgehead atoms. The third kappa shape index (κ3) is 2.36. The Morgan fingerprint density at radius 2 is 2.08 bits per heavy atom. The second kappa shape index (κ2) is 5.67. The number of aromatic nitrogens is 4. The molecule has 3 aromatic heterocycles. The van der Waals surface area contributed by atoms with E-state index in [0.29, 0.717) is 45.0 Å². The minimum Gasteiger partial charge on any atom is -0.422 e. The lowest BCUT2D eigenvalue weighted by Crippen LogP contribution is -2.21. The molecule has 5 rings (SSSR count). The van der Waals surface area contributed by atoms with Gasteiger partial charge in [-0.2, -0.15) is 9.78 Å². The zero-order chi connectivity index (χ0) is 17.7. The predicted molar refractivity (Wildman–Crippen MR) is 95.4 cm³/mol. The monoisotopic (exact) mass is 365 g/mol. The molecule has 4 heterocycles. The van der Waals surface area contributed by atoms with Gasteiger partial charge < -0.3 is 8.94 Å². The van der Waals surface area contributed by atoms with Crippen molar-refractivity contribution in [3.63, 3.8) is 0 Å². The van der Waals surface area contributed by atoms with Gasteiger partial charge in [0, 0.05) is 17.2 Å². The molecule has 0 unspecified atom stereocenters. The average Bonchev–Trinajstić information content (AvgIpc) is 3.26.